The van der Waals surface area contributed by atoms with E-state index in [1.807, 2.05) is 13.8 Å². The van der Waals surface area contributed by atoms with E-state index in [1.54, 1.807) is 0 Å². The van der Waals surface area contributed by atoms with E-state index in [0.717, 1.165) is 32.2 Å². The lowest BCUT2D eigenvalue weighted by Gasteiger charge is -2.24. The third kappa shape index (κ3) is 5.37. The second-order valence-electron chi connectivity index (χ2n) is 6.15. The number of likely N-dealkylation sites (tertiary alicyclic amines) is 1. The van der Waals surface area contributed by atoms with Gasteiger partial charge in [-0.05, 0) is 65.5 Å². The lowest BCUT2D eigenvalue weighted by Crippen LogP contribution is -2.30. The van der Waals surface area contributed by atoms with Crippen LogP contribution in [0.1, 0.15) is 58.8 Å². The molecule has 1 aliphatic rings. The van der Waals surface area contributed by atoms with Crippen molar-refractivity contribution in [2.75, 3.05) is 19.7 Å². The van der Waals surface area contributed by atoms with Crippen LogP contribution in [-0.2, 0) is 0 Å². The molecule has 0 bridgehead atoms. The summed E-state index contributed by atoms with van der Waals surface area (Å²) in [5, 5.41) is 17.9. The van der Waals surface area contributed by atoms with Crippen molar-refractivity contribution in [2.24, 2.45) is 5.41 Å². The number of nitriles is 1. The predicted molar refractivity (Wildman–Crippen MR) is 74.2 cm³/mol. The van der Waals surface area contributed by atoms with Gasteiger partial charge in [-0.2, -0.15) is 5.26 Å². The average Bonchev–Trinajstić information content (AvgIpc) is 2.79. The largest absolute Gasteiger partial charge is 0.396 e. The summed E-state index contributed by atoms with van der Waals surface area (Å²) in [6.07, 6.45) is 8.01. The van der Waals surface area contributed by atoms with E-state index in [9.17, 15) is 0 Å². The molecule has 0 amide bonds. The van der Waals surface area contributed by atoms with E-state index in [1.165, 1.54) is 25.8 Å². The third-order valence-corrected chi connectivity index (χ3v) is 3.99. The Morgan fingerprint density at radius 3 is 2.78 bits per heavy atom. The number of hydrogen-bond donors (Lipinski definition) is 1. The van der Waals surface area contributed by atoms with Crippen LogP contribution in [0, 0.1) is 16.7 Å². The van der Waals surface area contributed by atoms with Crippen molar-refractivity contribution in [1.82, 2.24) is 4.90 Å². The van der Waals surface area contributed by atoms with Crippen molar-refractivity contribution in [3.8, 4) is 6.07 Å². The number of hydrogen-bond acceptors (Lipinski definition) is 3. The van der Waals surface area contributed by atoms with Gasteiger partial charge >= 0.3 is 0 Å². The summed E-state index contributed by atoms with van der Waals surface area (Å²) in [6, 6.07) is 3.06. The van der Waals surface area contributed by atoms with Crippen molar-refractivity contribution in [3.63, 3.8) is 0 Å². The Balaban J connectivity index is 2.16. The lowest BCUT2D eigenvalue weighted by molar-refractivity contribution is 0.211. The Morgan fingerprint density at radius 1 is 1.33 bits per heavy atom. The Kier molecular flexibility index (Phi) is 6.67. The fraction of sp³-hybridized carbons (Fsp3) is 0.933. The molecule has 1 saturated heterocycles. The van der Waals surface area contributed by atoms with E-state index < -0.39 is 0 Å². The second kappa shape index (κ2) is 7.76. The Morgan fingerprint density at radius 2 is 2.11 bits per heavy atom. The minimum Gasteiger partial charge on any atom is -0.396 e. The highest BCUT2D eigenvalue weighted by Crippen LogP contribution is 2.24. The summed E-state index contributed by atoms with van der Waals surface area (Å²) in [5.74, 6) is 0. The van der Waals surface area contributed by atoms with Gasteiger partial charge in [0.2, 0.25) is 0 Å². The number of aliphatic hydroxyl groups excluding tert-OH is 1. The molecule has 0 saturated carbocycles. The molecule has 1 atom stereocenters. The quantitative estimate of drug-likeness (QED) is 0.676. The van der Waals surface area contributed by atoms with E-state index in [4.69, 9.17) is 10.4 Å². The van der Waals surface area contributed by atoms with Crippen LogP contribution in [0.4, 0.5) is 0 Å². The van der Waals surface area contributed by atoms with Crippen LogP contribution in [-0.4, -0.2) is 35.7 Å². The Bertz CT molecular complexity index is 270. The fourth-order valence-corrected chi connectivity index (χ4v) is 2.78. The molecule has 1 N–H and O–H groups in total. The molecule has 18 heavy (non-hydrogen) atoms. The molecule has 0 aromatic rings. The molecule has 1 fully saturated rings. The SMILES string of the molecule is CC(C)(C#N)CCCCN1CCCC1CCCO. The van der Waals surface area contributed by atoms with Gasteiger partial charge < -0.3 is 10.0 Å². The minimum atomic E-state index is -0.165. The summed E-state index contributed by atoms with van der Waals surface area (Å²) in [4.78, 5) is 2.58. The summed E-state index contributed by atoms with van der Waals surface area (Å²) in [5.41, 5.74) is -0.165. The first kappa shape index (κ1) is 15.5. The molecule has 3 heteroatoms. The zero-order chi connectivity index (χ0) is 13.4. The van der Waals surface area contributed by atoms with Crippen LogP contribution in [0.15, 0.2) is 0 Å². The van der Waals surface area contributed by atoms with Gasteiger partial charge in [-0.15, -0.1) is 0 Å². The van der Waals surface area contributed by atoms with E-state index in [2.05, 4.69) is 11.0 Å². The molecule has 1 aliphatic heterocycles. The van der Waals surface area contributed by atoms with Crippen molar-refractivity contribution in [1.29, 1.82) is 5.26 Å². The number of nitrogens with zero attached hydrogens (tertiary/aromatic N) is 2. The first-order valence-electron chi connectivity index (χ1n) is 7.35. The van der Waals surface area contributed by atoms with Crippen LogP contribution in [0.25, 0.3) is 0 Å². The van der Waals surface area contributed by atoms with Gasteiger partial charge in [0.25, 0.3) is 0 Å². The zero-order valence-corrected chi connectivity index (χ0v) is 12.0. The number of rotatable bonds is 8. The summed E-state index contributed by atoms with van der Waals surface area (Å²) in [7, 11) is 0. The molecule has 1 rings (SSSR count). The molecule has 0 aromatic carbocycles. The Labute approximate surface area is 112 Å². The molecular weight excluding hydrogens is 224 g/mol. The first-order chi connectivity index (χ1) is 8.59. The monoisotopic (exact) mass is 252 g/mol. The highest BCUT2D eigenvalue weighted by atomic mass is 16.2. The van der Waals surface area contributed by atoms with Crippen molar-refractivity contribution >= 4 is 0 Å². The molecule has 0 spiro atoms. The van der Waals surface area contributed by atoms with Crippen molar-refractivity contribution < 1.29 is 5.11 Å². The van der Waals surface area contributed by atoms with Crippen molar-refractivity contribution in [2.45, 2.75) is 64.8 Å². The third-order valence-electron chi connectivity index (χ3n) is 3.99. The van der Waals surface area contributed by atoms with Crippen molar-refractivity contribution in [3.05, 3.63) is 0 Å². The maximum absolute atomic E-state index is 8.96. The molecule has 104 valence electrons. The highest BCUT2D eigenvalue weighted by Gasteiger charge is 2.23. The molecule has 0 radical (unpaired) electrons. The van der Waals surface area contributed by atoms with Gasteiger partial charge in [0.05, 0.1) is 11.5 Å². The van der Waals surface area contributed by atoms with Gasteiger partial charge in [-0.1, -0.05) is 6.42 Å². The molecular formula is C15H28N2O. The smallest absolute Gasteiger partial charge is 0.0683 e. The fourth-order valence-electron chi connectivity index (χ4n) is 2.78. The normalized spacial score (nSPS) is 21.1. The van der Waals surface area contributed by atoms with Crippen LogP contribution >= 0.6 is 0 Å². The van der Waals surface area contributed by atoms with Gasteiger partial charge in [0.1, 0.15) is 0 Å². The molecule has 3 nitrogen and oxygen atoms in total. The van der Waals surface area contributed by atoms with E-state index in [-0.39, 0.29) is 5.41 Å². The summed E-state index contributed by atoms with van der Waals surface area (Å²) >= 11 is 0. The van der Waals surface area contributed by atoms with Gasteiger partial charge in [0.15, 0.2) is 0 Å². The molecule has 0 aromatic heterocycles. The van der Waals surface area contributed by atoms with Crippen LogP contribution in [0.5, 0.6) is 0 Å². The Hall–Kier alpha value is -0.590. The van der Waals surface area contributed by atoms with Gasteiger partial charge in [0, 0.05) is 12.6 Å². The van der Waals surface area contributed by atoms with Gasteiger partial charge in [-0.3, -0.25) is 0 Å². The second-order valence-corrected chi connectivity index (χ2v) is 6.15. The molecule has 1 unspecified atom stereocenters. The highest BCUT2D eigenvalue weighted by molar-refractivity contribution is 4.91. The first-order valence-corrected chi connectivity index (χ1v) is 7.35. The minimum absolute atomic E-state index is 0.165. The average molecular weight is 252 g/mol. The van der Waals surface area contributed by atoms with Crippen LogP contribution < -0.4 is 0 Å². The van der Waals surface area contributed by atoms with Crippen LogP contribution in [0.2, 0.25) is 0 Å². The summed E-state index contributed by atoms with van der Waals surface area (Å²) < 4.78 is 0. The number of aliphatic hydroxyl groups is 1. The topological polar surface area (TPSA) is 47.3 Å². The number of unbranched alkanes of at least 4 members (excludes halogenated alkanes) is 1. The maximum Gasteiger partial charge on any atom is 0.0683 e. The predicted octanol–water partition coefficient (Wildman–Crippen LogP) is 2.94. The van der Waals surface area contributed by atoms with Gasteiger partial charge in [-0.25, -0.2) is 0 Å². The van der Waals surface area contributed by atoms with E-state index in [0.29, 0.717) is 12.6 Å². The zero-order valence-electron chi connectivity index (χ0n) is 12.0. The maximum atomic E-state index is 8.96. The van der Waals surface area contributed by atoms with Crippen LogP contribution in [0.3, 0.4) is 0 Å². The standard InChI is InChI=1S/C15H28N2O/c1-15(2,13-16)9-3-4-10-17-11-5-7-14(17)8-6-12-18/h14,18H,3-12H2,1-2H3. The lowest BCUT2D eigenvalue weighted by atomic mass is 9.89. The summed E-state index contributed by atoms with van der Waals surface area (Å²) in [6.45, 7) is 6.75. The molecule has 1 heterocycles. The molecule has 0 aliphatic carbocycles. The van der Waals surface area contributed by atoms with E-state index >= 15 is 0 Å².